The van der Waals surface area contributed by atoms with Crippen LogP contribution in [0.15, 0.2) is 0 Å². The second-order valence-corrected chi connectivity index (χ2v) is 7.01. The standard InChI is InChI=1S/C20H29NO3/c1-12-9-7-8-10-21(12)18(22)11-24-20(23)19-16(5)14(3)13(2)15(4)17(19)6/h12H,7-11H2,1-6H3/t12-/m1/s1. The minimum Gasteiger partial charge on any atom is -0.452 e. The number of rotatable bonds is 3. The summed E-state index contributed by atoms with van der Waals surface area (Å²) >= 11 is 0. The van der Waals surface area contributed by atoms with E-state index in [1.807, 2.05) is 32.6 Å². The van der Waals surface area contributed by atoms with Gasteiger partial charge in [-0.2, -0.15) is 0 Å². The van der Waals surface area contributed by atoms with Crippen molar-refractivity contribution < 1.29 is 14.3 Å². The number of nitrogens with zero attached hydrogens (tertiary/aromatic N) is 1. The molecule has 1 aromatic rings. The maximum Gasteiger partial charge on any atom is 0.339 e. The summed E-state index contributed by atoms with van der Waals surface area (Å²) in [7, 11) is 0. The summed E-state index contributed by atoms with van der Waals surface area (Å²) in [6.45, 7) is 12.6. The number of amides is 1. The molecule has 1 heterocycles. The molecule has 1 aliphatic heterocycles. The molecule has 24 heavy (non-hydrogen) atoms. The molecule has 2 rings (SSSR count). The van der Waals surface area contributed by atoms with E-state index in [2.05, 4.69) is 13.8 Å². The molecule has 1 atom stereocenters. The van der Waals surface area contributed by atoms with Crippen LogP contribution in [0, 0.1) is 34.6 Å². The Hall–Kier alpha value is -1.84. The molecular formula is C20H29NO3. The van der Waals surface area contributed by atoms with Crippen LogP contribution >= 0.6 is 0 Å². The van der Waals surface area contributed by atoms with Gasteiger partial charge in [-0.25, -0.2) is 4.79 Å². The van der Waals surface area contributed by atoms with Crippen molar-refractivity contribution in [3.63, 3.8) is 0 Å². The normalized spacial score (nSPS) is 17.8. The minimum atomic E-state index is -0.394. The van der Waals surface area contributed by atoms with Gasteiger partial charge < -0.3 is 9.64 Å². The Labute approximate surface area is 145 Å². The molecule has 4 heteroatoms. The molecule has 0 N–H and O–H groups in total. The number of hydrogen-bond acceptors (Lipinski definition) is 3. The van der Waals surface area contributed by atoms with Crippen molar-refractivity contribution in [1.29, 1.82) is 0 Å². The fourth-order valence-electron chi connectivity index (χ4n) is 3.56. The van der Waals surface area contributed by atoms with Gasteiger partial charge in [-0.15, -0.1) is 0 Å². The van der Waals surface area contributed by atoms with E-state index in [-0.39, 0.29) is 18.6 Å². The monoisotopic (exact) mass is 331 g/mol. The third kappa shape index (κ3) is 3.47. The third-order valence-corrected chi connectivity index (χ3v) is 5.65. The van der Waals surface area contributed by atoms with E-state index in [0.717, 1.165) is 48.1 Å². The van der Waals surface area contributed by atoms with Crippen molar-refractivity contribution in [3.8, 4) is 0 Å². The number of carbonyl (C=O) groups is 2. The molecular weight excluding hydrogens is 302 g/mol. The maximum atomic E-state index is 12.6. The molecule has 0 aliphatic carbocycles. The van der Waals surface area contributed by atoms with Gasteiger partial charge in [-0.3, -0.25) is 4.79 Å². The molecule has 0 radical (unpaired) electrons. The van der Waals surface area contributed by atoms with Crippen LogP contribution in [0.4, 0.5) is 0 Å². The van der Waals surface area contributed by atoms with Gasteiger partial charge in [0.1, 0.15) is 0 Å². The Morgan fingerprint density at radius 1 is 0.958 bits per heavy atom. The maximum absolute atomic E-state index is 12.6. The summed E-state index contributed by atoms with van der Waals surface area (Å²) in [5.74, 6) is -0.486. The Morgan fingerprint density at radius 2 is 1.50 bits per heavy atom. The highest BCUT2D eigenvalue weighted by Crippen LogP contribution is 2.26. The van der Waals surface area contributed by atoms with Crippen LogP contribution in [-0.4, -0.2) is 36.0 Å². The molecule has 0 spiro atoms. The molecule has 4 nitrogen and oxygen atoms in total. The number of benzene rings is 1. The highest BCUT2D eigenvalue weighted by molar-refractivity contribution is 5.95. The first-order chi connectivity index (χ1) is 11.3. The number of hydrogen-bond donors (Lipinski definition) is 0. The van der Waals surface area contributed by atoms with Gasteiger partial charge in [0.25, 0.3) is 5.91 Å². The zero-order valence-electron chi connectivity index (χ0n) is 15.8. The molecule has 0 bridgehead atoms. The molecule has 1 amide bonds. The lowest BCUT2D eigenvalue weighted by Gasteiger charge is -2.33. The van der Waals surface area contributed by atoms with Crippen LogP contribution in [0.3, 0.4) is 0 Å². The van der Waals surface area contributed by atoms with Crippen molar-refractivity contribution in [1.82, 2.24) is 4.90 Å². The van der Waals surface area contributed by atoms with Gasteiger partial charge >= 0.3 is 5.97 Å². The number of likely N-dealkylation sites (tertiary alicyclic amines) is 1. The van der Waals surface area contributed by atoms with E-state index in [4.69, 9.17) is 4.74 Å². The van der Waals surface area contributed by atoms with E-state index in [0.29, 0.717) is 5.56 Å². The molecule has 1 aliphatic rings. The van der Waals surface area contributed by atoms with Crippen LogP contribution in [-0.2, 0) is 9.53 Å². The smallest absolute Gasteiger partial charge is 0.339 e. The van der Waals surface area contributed by atoms with E-state index in [9.17, 15) is 9.59 Å². The van der Waals surface area contributed by atoms with Gasteiger partial charge in [0.05, 0.1) is 5.56 Å². The van der Waals surface area contributed by atoms with Crippen molar-refractivity contribution in [2.24, 2.45) is 0 Å². The predicted molar refractivity (Wildman–Crippen MR) is 95.4 cm³/mol. The predicted octanol–water partition coefficient (Wildman–Crippen LogP) is 3.79. The average Bonchev–Trinajstić information content (AvgIpc) is 2.56. The SMILES string of the molecule is Cc1c(C)c(C)c(C(=O)OCC(=O)N2CCCC[C@H]2C)c(C)c1C. The van der Waals surface area contributed by atoms with Gasteiger partial charge in [0.2, 0.25) is 0 Å². The van der Waals surface area contributed by atoms with Crippen LogP contribution in [0.1, 0.15) is 64.4 Å². The van der Waals surface area contributed by atoms with E-state index >= 15 is 0 Å². The quantitative estimate of drug-likeness (QED) is 0.792. The lowest BCUT2D eigenvalue weighted by atomic mass is 9.90. The minimum absolute atomic E-state index is 0.0913. The van der Waals surface area contributed by atoms with Crippen molar-refractivity contribution in [2.45, 2.75) is 66.8 Å². The Balaban J connectivity index is 2.12. The summed E-state index contributed by atoms with van der Waals surface area (Å²) in [6.07, 6.45) is 3.21. The third-order valence-electron chi connectivity index (χ3n) is 5.65. The molecule has 132 valence electrons. The number of piperidine rings is 1. The van der Waals surface area contributed by atoms with E-state index < -0.39 is 5.97 Å². The van der Waals surface area contributed by atoms with Crippen LogP contribution in [0.25, 0.3) is 0 Å². The Morgan fingerprint density at radius 3 is 2.04 bits per heavy atom. The molecule has 1 fully saturated rings. The lowest BCUT2D eigenvalue weighted by Crippen LogP contribution is -2.44. The van der Waals surface area contributed by atoms with Gasteiger partial charge in [0, 0.05) is 12.6 Å². The van der Waals surface area contributed by atoms with Gasteiger partial charge in [-0.05, 0) is 88.6 Å². The van der Waals surface area contributed by atoms with Crippen molar-refractivity contribution >= 4 is 11.9 Å². The lowest BCUT2D eigenvalue weighted by molar-refractivity contribution is -0.137. The first kappa shape index (κ1) is 18.5. The summed E-state index contributed by atoms with van der Waals surface area (Å²) < 4.78 is 5.37. The Kier molecular flexibility index (Phi) is 5.68. The van der Waals surface area contributed by atoms with Gasteiger partial charge in [0.15, 0.2) is 6.61 Å². The average molecular weight is 331 g/mol. The summed E-state index contributed by atoms with van der Waals surface area (Å²) in [5.41, 5.74) is 5.93. The van der Waals surface area contributed by atoms with Crippen LogP contribution < -0.4 is 0 Å². The summed E-state index contributed by atoms with van der Waals surface area (Å²) in [5, 5.41) is 0. The molecule has 0 unspecified atom stereocenters. The Bertz CT molecular complexity index is 634. The summed E-state index contributed by atoms with van der Waals surface area (Å²) in [6, 6.07) is 0.234. The number of carbonyl (C=O) groups excluding carboxylic acids is 2. The van der Waals surface area contributed by atoms with E-state index in [1.54, 1.807) is 0 Å². The van der Waals surface area contributed by atoms with Crippen molar-refractivity contribution in [2.75, 3.05) is 13.2 Å². The highest BCUT2D eigenvalue weighted by Gasteiger charge is 2.25. The largest absolute Gasteiger partial charge is 0.452 e. The molecule has 1 aromatic carbocycles. The van der Waals surface area contributed by atoms with Gasteiger partial charge in [-0.1, -0.05) is 0 Å². The second-order valence-electron chi connectivity index (χ2n) is 7.01. The molecule has 0 aromatic heterocycles. The first-order valence-corrected chi connectivity index (χ1v) is 8.79. The zero-order valence-corrected chi connectivity index (χ0v) is 15.8. The molecule has 1 saturated heterocycles. The number of ether oxygens (including phenoxy) is 1. The van der Waals surface area contributed by atoms with Crippen LogP contribution in [0.5, 0.6) is 0 Å². The highest BCUT2D eigenvalue weighted by atomic mass is 16.5. The van der Waals surface area contributed by atoms with Crippen molar-refractivity contribution in [3.05, 3.63) is 33.4 Å². The number of esters is 1. The fourth-order valence-corrected chi connectivity index (χ4v) is 3.56. The zero-order chi connectivity index (χ0) is 18.0. The fraction of sp³-hybridized carbons (Fsp3) is 0.600. The molecule has 0 saturated carbocycles. The summed E-state index contributed by atoms with van der Waals surface area (Å²) in [4.78, 5) is 26.8. The first-order valence-electron chi connectivity index (χ1n) is 8.79. The van der Waals surface area contributed by atoms with E-state index in [1.165, 1.54) is 5.56 Å². The second kappa shape index (κ2) is 7.37. The topological polar surface area (TPSA) is 46.6 Å². The van der Waals surface area contributed by atoms with Crippen LogP contribution in [0.2, 0.25) is 0 Å².